The van der Waals surface area contributed by atoms with Crippen LogP contribution in [0.1, 0.15) is 12.8 Å². The van der Waals surface area contributed by atoms with Crippen LogP contribution in [-0.2, 0) is 18.7 Å². The van der Waals surface area contributed by atoms with Gasteiger partial charge in [-0.05, 0) is 18.6 Å². The lowest BCUT2D eigenvalue weighted by molar-refractivity contribution is -0.147. The highest BCUT2D eigenvalue weighted by Crippen LogP contribution is 2.57. The summed E-state index contributed by atoms with van der Waals surface area (Å²) in [6.07, 6.45) is -3.09. The second kappa shape index (κ2) is 6.95. The molecule has 0 amide bonds. The van der Waals surface area contributed by atoms with E-state index in [4.69, 9.17) is 10.2 Å². The first-order chi connectivity index (χ1) is 10.4. The average Bonchev–Trinajstić information content (AvgIpc) is 2.42. The molecule has 0 aliphatic heterocycles. The third-order valence-electron chi connectivity index (χ3n) is 3.39. The lowest BCUT2D eigenvalue weighted by Crippen LogP contribution is -2.41. The van der Waals surface area contributed by atoms with Crippen molar-refractivity contribution in [2.75, 3.05) is 6.16 Å². The minimum absolute atomic E-state index is 0.0136. The predicted octanol–water partition coefficient (Wildman–Crippen LogP) is 0.448. The summed E-state index contributed by atoms with van der Waals surface area (Å²) in [4.78, 5) is 50.8. The molecule has 2 atom stereocenters. The van der Waals surface area contributed by atoms with Gasteiger partial charge in [0.2, 0.25) is 7.37 Å². The number of aliphatic carboxylic acids is 2. The van der Waals surface area contributed by atoms with Gasteiger partial charge in [0.25, 0.3) is 0 Å². The predicted molar refractivity (Wildman–Crippen MR) is 80.0 cm³/mol. The first kappa shape index (κ1) is 19.5. The molecule has 23 heavy (non-hydrogen) atoms. The quantitative estimate of drug-likeness (QED) is 0.410. The van der Waals surface area contributed by atoms with Crippen LogP contribution in [0.15, 0.2) is 30.3 Å². The summed E-state index contributed by atoms with van der Waals surface area (Å²) in [5.74, 6) is -3.76. The Morgan fingerprint density at radius 3 is 1.91 bits per heavy atom. The van der Waals surface area contributed by atoms with Crippen LogP contribution in [0, 0.1) is 0 Å². The molecule has 11 heteroatoms. The second-order valence-electron chi connectivity index (χ2n) is 4.96. The molecule has 1 aromatic rings. The Balaban J connectivity index is 3.17. The Morgan fingerprint density at radius 1 is 1.00 bits per heavy atom. The Labute approximate surface area is 131 Å². The molecule has 128 valence electrons. The third kappa shape index (κ3) is 4.50. The van der Waals surface area contributed by atoms with Gasteiger partial charge < -0.3 is 24.9 Å². The van der Waals surface area contributed by atoms with Gasteiger partial charge in [0.15, 0.2) is 5.16 Å². The number of carboxylic acid groups (broad SMARTS) is 2. The van der Waals surface area contributed by atoms with Crippen molar-refractivity contribution in [2.24, 2.45) is 0 Å². The fourth-order valence-electron chi connectivity index (χ4n) is 2.02. The Bertz CT molecular complexity index is 681. The molecule has 0 aliphatic carbocycles. The number of rotatable bonds is 8. The van der Waals surface area contributed by atoms with Gasteiger partial charge in [-0.15, -0.1) is 0 Å². The molecule has 0 radical (unpaired) electrons. The monoisotopic (exact) mass is 366 g/mol. The number of carboxylic acids is 2. The number of benzene rings is 1. The van der Waals surface area contributed by atoms with Crippen LogP contribution >= 0.6 is 15.0 Å². The summed E-state index contributed by atoms with van der Waals surface area (Å²) in [5, 5.41) is 15.0. The van der Waals surface area contributed by atoms with E-state index in [2.05, 4.69) is 0 Å². The van der Waals surface area contributed by atoms with Crippen molar-refractivity contribution >= 4 is 32.2 Å². The maximum Gasteiger partial charge on any atom is 0.343 e. The van der Waals surface area contributed by atoms with Crippen LogP contribution in [0.25, 0.3) is 0 Å². The number of hydrogen-bond donors (Lipinski definition) is 5. The highest BCUT2D eigenvalue weighted by molar-refractivity contribution is 7.66. The van der Waals surface area contributed by atoms with E-state index in [1.54, 1.807) is 6.07 Å². The van der Waals surface area contributed by atoms with Crippen molar-refractivity contribution in [1.82, 2.24) is 0 Å². The normalized spacial score (nSPS) is 17.0. The second-order valence-corrected chi connectivity index (χ2v) is 9.27. The summed E-state index contributed by atoms with van der Waals surface area (Å²) in [5.41, 5.74) is 0. The van der Waals surface area contributed by atoms with Crippen LogP contribution in [0.3, 0.4) is 0 Å². The summed E-state index contributed by atoms with van der Waals surface area (Å²) in [6.45, 7) is 0. The van der Waals surface area contributed by atoms with Crippen molar-refractivity contribution < 1.29 is 43.6 Å². The molecular weight excluding hydrogens is 350 g/mol. The van der Waals surface area contributed by atoms with E-state index >= 15 is 0 Å². The van der Waals surface area contributed by atoms with E-state index < -0.39 is 51.1 Å². The first-order valence-corrected chi connectivity index (χ1v) is 9.76. The highest BCUT2D eigenvalue weighted by Gasteiger charge is 2.55. The Morgan fingerprint density at radius 2 is 1.52 bits per heavy atom. The number of carbonyl (C=O) groups is 2. The summed E-state index contributed by atoms with van der Waals surface area (Å²) < 4.78 is 23.8. The molecule has 1 aromatic carbocycles. The van der Waals surface area contributed by atoms with Crippen LogP contribution in [0.2, 0.25) is 0 Å². The van der Waals surface area contributed by atoms with Crippen molar-refractivity contribution in [3.8, 4) is 0 Å². The highest BCUT2D eigenvalue weighted by atomic mass is 31.2. The van der Waals surface area contributed by atoms with Gasteiger partial charge in [-0.25, -0.2) is 0 Å². The molecule has 2 unspecified atom stereocenters. The van der Waals surface area contributed by atoms with E-state index in [-0.39, 0.29) is 5.30 Å². The van der Waals surface area contributed by atoms with E-state index in [0.29, 0.717) is 0 Å². The minimum atomic E-state index is -5.41. The molecule has 1 rings (SSSR count). The molecule has 0 spiro atoms. The topological polar surface area (TPSA) is 169 Å². The molecule has 0 saturated heterocycles. The van der Waals surface area contributed by atoms with Crippen LogP contribution < -0.4 is 5.30 Å². The van der Waals surface area contributed by atoms with Gasteiger partial charge in [-0.1, -0.05) is 18.2 Å². The lowest BCUT2D eigenvalue weighted by Gasteiger charge is -2.29. The first-order valence-electron chi connectivity index (χ1n) is 6.31. The van der Waals surface area contributed by atoms with Crippen molar-refractivity contribution in [3.05, 3.63) is 30.3 Å². The van der Waals surface area contributed by atoms with Gasteiger partial charge in [0.1, 0.15) is 0 Å². The molecule has 0 fully saturated rings. The van der Waals surface area contributed by atoms with Gasteiger partial charge in [0, 0.05) is 11.5 Å². The maximum absolute atomic E-state index is 12.3. The van der Waals surface area contributed by atoms with Crippen LogP contribution in [-0.4, -0.2) is 48.1 Å². The molecule has 0 aliphatic rings. The number of hydrogen-bond acceptors (Lipinski definition) is 4. The van der Waals surface area contributed by atoms with Gasteiger partial charge in [-0.2, -0.15) is 0 Å². The van der Waals surface area contributed by atoms with E-state index in [1.165, 1.54) is 24.3 Å². The molecule has 0 saturated carbocycles. The van der Waals surface area contributed by atoms with Gasteiger partial charge in [-0.3, -0.25) is 18.7 Å². The maximum atomic E-state index is 12.3. The Hall–Kier alpha value is -1.50. The Kier molecular flexibility index (Phi) is 5.90. The zero-order valence-electron chi connectivity index (χ0n) is 11.8. The van der Waals surface area contributed by atoms with Gasteiger partial charge in [0.05, 0.1) is 6.42 Å². The molecule has 9 nitrogen and oxygen atoms in total. The lowest BCUT2D eigenvalue weighted by atomic mass is 10.0. The molecule has 5 N–H and O–H groups in total. The largest absolute Gasteiger partial charge is 0.481 e. The SMILES string of the molecule is O=C(O)CC(CCP(=O)(O)c1ccccc1)(C(=O)O)P(=O)(O)O. The third-order valence-corrected chi connectivity index (χ3v) is 7.01. The van der Waals surface area contributed by atoms with Crippen LogP contribution in [0.4, 0.5) is 0 Å². The smallest absolute Gasteiger partial charge is 0.343 e. The van der Waals surface area contributed by atoms with E-state index in [1.807, 2.05) is 0 Å². The molecule has 0 bridgehead atoms. The van der Waals surface area contributed by atoms with E-state index in [0.717, 1.165) is 0 Å². The summed E-state index contributed by atoms with van der Waals surface area (Å²) >= 11 is 0. The van der Waals surface area contributed by atoms with Gasteiger partial charge >= 0.3 is 19.5 Å². The van der Waals surface area contributed by atoms with Crippen molar-refractivity contribution in [1.29, 1.82) is 0 Å². The van der Waals surface area contributed by atoms with E-state index in [9.17, 15) is 33.4 Å². The molecule has 0 aromatic heterocycles. The minimum Gasteiger partial charge on any atom is -0.481 e. The molecular formula is C12H16O9P2. The zero-order chi connectivity index (χ0) is 17.9. The molecule has 0 heterocycles. The fourth-order valence-corrected chi connectivity index (χ4v) is 4.77. The standard InChI is InChI=1S/C12H16O9P2/c13-10(14)8-12(11(15)16,23(19,20)21)6-7-22(17,18)9-4-2-1-3-5-9/h1-5H,6-8H2,(H,13,14)(H,15,16)(H,17,18)(H2,19,20,21). The van der Waals surface area contributed by atoms with Crippen molar-refractivity contribution in [2.45, 2.75) is 18.0 Å². The fraction of sp³-hybridized carbons (Fsp3) is 0.333. The van der Waals surface area contributed by atoms with Crippen molar-refractivity contribution in [3.63, 3.8) is 0 Å². The average molecular weight is 366 g/mol. The zero-order valence-corrected chi connectivity index (χ0v) is 13.6. The summed E-state index contributed by atoms with van der Waals surface area (Å²) in [6, 6.07) is 7.17. The summed E-state index contributed by atoms with van der Waals surface area (Å²) in [7, 11) is -9.50. The van der Waals surface area contributed by atoms with Crippen LogP contribution in [0.5, 0.6) is 0 Å².